The van der Waals surface area contributed by atoms with Gasteiger partial charge in [-0.2, -0.15) is 0 Å². The molecule has 0 saturated carbocycles. The highest BCUT2D eigenvalue weighted by atomic mass is 32.1. The number of amides is 1. The SMILES string of the molecule is CC(CCNCc1ccc([N+](=O)[O-])s1)NC(=O)OC(C)(C)C. The zero-order valence-electron chi connectivity index (χ0n) is 13.3. The van der Waals surface area contributed by atoms with Gasteiger partial charge in [-0.25, -0.2) is 4.79 Å². The first-order valence-electron chi connectivity index (χ1n) is 7.10. The van der Waals surface area contributed by atoms with E-state index in [1.807, 2.05) is 27.7 Å². The number of hydrogen-bond donors (Lipinski definition) is 2. The molecule has 1 unspecified atom stereocenters. The molecule has 1 amide bonds. The molecule has 1 aromatic heterocycles. The van der Waals surface area contributed by atoms with Gasteiger partial charge in [-0.1, -0.05) is 11.3 Å². The van der Waals surface area contributed by atoms with Crippen LogP contribution in [0, 0.1) is 10.1 Å². The van der Waals surface area contributed by atoms with Gasteiger partial charge in [-0.15, -0.1) is 0 Å². The molecule has 1 atom stereocenters. The predicted molar refractivity (Wildman–Crippen MR) is 86.1 cm³/mol. The van der Waals surface area contributed by atoms with Crippen LogP contribution >= 0.6 is 11.3 Å². The van der Waals surface area contributed by atoms with E-state index in [2.05, 4.69) is 10.6 Å². The molecule has 0 bridgehead atoms. The van der Waals surface area contributed by atoms with E-state index in [9.17, 15) is 14.9 Å². The molecule has 124 valence electrons. The molecule has 8 heteroatoms. The lowest BCUT2D eigenvalue weighted by Crippen LogP contribution is -2.38. The average Bonchev–Trinajstić information content (AvgIpc) is 2.81. The van der Waals surface area contributed by atoms with Crippen LogP contribution in [0.1, 0.15) is 39.0 Å². The van der Waals surface area contributed by atoms with Crippen molar-refractivity contribution in [2.75, 3.05) is 6.54 Å². The zero-order valence-corrected chi connectivity index (χ0v) is 14.2. The minimum absolute atomic E-state index is 0.0139. The molecule has 1 heterocycles. The topological polar surface area (TPSA) is 93.5 Å². The normalized spacial score (nSPS) is 12.7. The van der Waals surface area contributed by atoms with Gasteiger partial charge in [-0.05, 0) is 46.7 Å². The first-order valence-corrected chi connectivity index (χ1v) is 7.92. The molecule has 0 aliphatic rings. The number of nitrogens with zero attached hydrogens (tertiary/aromatic N) is 1. The van der Waals surface area contributed by atoms with E-state index in [-0.39, 0.29) is 16.0 Å². The Labute approximate surface area is 134 Å². The fraction of sp³-hybridized carbons (Fsp3) is 0.643. The average molecular weight is 329 g/mol. The molecule has 1 rings (SSSR count). The van der Waals surface area contributed by atoms with E-state index in [4.69, 9.17) is 4.74 Å². The van der Waals surface area contributed by atoms with Crippen LogP contribution in [0.5, 0.6) is 0 Å². The van der Waals surface area contributed by atoms with Crippen LogP contribution in [0.15, 0.2) is 12.1 Å². The van der Waals surface area contributed by atoms with Crippen molar-refractivity contribution in [1.82, 2.24) is 10.6 Å². The van der Waals surface area contributed by atoms with Crippen molar-refractivity contribution in [3.05, 3.63) is 27.1 Å². The molecule has 0 aromatic carbocycles. The Morgan fingerprint density at radius 2 is 2.14 bits per heavy atom. The zero-order chi connectivity index (χ0) is 16.8. The summed E-state index contributed by atoms with van der Waals surface area (Å²) in [5.74, 6) is 0. The number of thiophene rings is 1. The third-order valence-electron chi connectivity index (χ3n) is 2.64. The Kier molecular flexibility index (Phi) is 6.76. The number of carbonyl (C=O) groups is 1. The maximum absolute atomic E-state index is 11.6. The Morgan fingerprint density at radius 3 is 2.68 bits per heavy atom. The summed E-state index contributed by atoms with van der Waals surface area (Å²) in [6, 6.07) is 3.24. The number of rotatable bonds is 7. The summed E-state index contributed by atoms with van der Waals surface area (Å²) in [6.07, 6.45) is 0.320. The highest BCUT2D eigenvalue weighted by Crippen LogP contribution is 2.23. The van der Waals surface area contributed by atoms with Gasteiger partial charge in [0.2, 0.25) is 0 Å². The van der Waals surface area contributed by atoms with E-state index < -0.39 is 11.7 Å². The minimum atomic E-state index is -0.504. The quantitative estimate of drug-likeness (QED) is 0.455. The maximum Gasteiger partial charge on any atom is 0.407 e. The van der Waals surface area contributed by atoms with Gasteiger partial charge >= 0.3 is 11.1 Å². The molecule has 0 radical (unpaired) electrons. The molecule has 0 saturated heterocycles. The summed E-state index contributed by atoms with van der Waals surface area (Å²) >= 11 is 1.17. The second kappa shape index (κ2) is 8.09. The molecule has 0 spiro atoms. The molecular weight excluding hydrogens is 306 g/mol. The van der Waals surface area contributed by atoms with Crippen molar-refractivity contribution in [2.24, 2.45) is 0 Å². The third kappa shape index (κ3) is 7.37. The van der Waals surface area contributed by atoms with Crippen molar-refractivity contribution in [3.63, 3.8) is 0 Å². The molecule has 7 nitrogen and oxygen atoms in total. The highest BCUT2D eigenvalue weighted by Gasteiger charge is 2.17. The number of nitro groups is 1. The lowest BCUT2D eigenvalue weighted by molar-refractivity contribution is -0.380. The van der Waals surface area contributed by atoms with Crippen LogP contribution in [0.4, 0.5) is 9.80 Å². The second-order valence-corrected chi connectivity index (χ2v) is 7.16. The lowest BCUT2D eigenvalue weighted by atomic mass is 10.2. The molecule has 0 aliphatic carbocycles. The lowest BCUT2D eigenvalue weighted by Gasteiger charge is -2.22. The Morgan fingerprint density at radius 1 is 1.45 bits per heavy atom. The Balaban J connectivity index is 2.20. The smallest absolute Gasteiger partial charge is 0.407 e. The summed E-state index contributed by atoms with van der Waals surface area (Å²) < 4.78 is 5.18. The van der Waals surface area contributed by atoms with Gasteiger partial charge in [0.05, 0.1) is 4.92 Å². The fourth-order valence-corrected chi connectivity index (χ4v) is 2.46. The Bertz CT molecular complexity index is 510. The highest BCUT2D eigenvalue weighted by molar-refractivity contribution is 7.15. The van der Waals surface area contributed by atoms with Crippen LogP contribution in [0.25, 0.3) is 0 Å². The summed E-state index contributed by atoms with van der Waals surface area (Å²) in [5, 5.41) is 16.7. The molecule has 22 heavy (non-hydrogen) atoms. The fourth-order valence-electron chi connectivity index (χ4n) is 1.67. The van der Waals surface area contributed by atoms with Crippen molar-refractivity contribution >= 4 is 22.4 Å². The molecule has 1 aromatic rings. The van der Waals surface area contributed by atoms with E-state index in [0.717, 1.165) is 11.3 Å². The monoisotopic (exact) mass is 329 g/mol. The molecule has 0 aliphatic heterocycles. The number of nitrogens with one attached hydrogen (secondary N) is 2. The van der Waals surface area contributed by atoms with Crippen molar-refractivity contribution in [1.29, 1.82) is 0 Å². The van der Waals surface area contributed by atoms with Crippen LogP contribution in [-0.4, -0.2) is 29.2 Å². The summed E-state index contributed by atoms with van der Waals surface area (Å²) in [6.45, 7) is 8.64. The van der Waals surface area contributed by atoms with Gasteiger partial charge < -0.3 is 15.4 Å². The summed E-state index contributed by atoms with van der Waals surface area (Å²) in [5.41, 5.74) is -0.504. The van der Waals surface area contributed by atoms with Crippen LogP contribution in [0.2, 0.25) is 0 Å². The van der Waals surface area contributed by atoms with Crippen molar-refractivity contribution in [3.8, 4) is 0 Å². The number of ether oxygens (including phenoxy) is 1. The first-order chi connectivity index (χ1) is 10.2. The van der Waals surface area contributed by atoms with E-state index in [0.29, 0.717) is 13.1 Å². The van der Waals surface area contributed by atoms with E-state index in [1.54, 1.807) is 6.07 Å². The second-order valence-electron chi connectivity index (χ2n) is 6.01. The van der Waals surface area contributed by atoms with Crippen LogP contribution in [0.3, 0.4) is 0 Å². The molecule has 0 fully saturated rings. The predicted octanol–water partition coefficient (Wildman–Crippen LogP) is 3.05. The van der Waals surface area contributed by atoms with Gasteiger partial charge in [-0.3, -0.25) is 10.1 Å². The van der Waals surface area contributed by atoms with Crippen LogP contribution in [-0.2, 0) is 11.3 Å². The standard InChI is InChI=1S/C14H23N3O4S/c1-10(16-13(18)21-14(2,3)4)7-8-15-9-11-5-6-12(22-11)17(19)20/h5-6,10,15H,7-9H2,1-4H3,(H,16,18). The summed E-state index contributed by atoms with van der Waals surface area (Å²) in [4.78, 5) is 22.7. The van der Waals surface area contributed by atoms with Gasteiger partial charge in [0.1, 0.15) is 5.60 Å². The van der Waals surface area contributed by atoms with Gasteiger partial charge in [0.25, 0.3) is 0 Å². The van der Waals surface area contributed by atoms with E-state index >= 15 is 0 Å². The molecule has 2 N–H and O–H groups in total. The van der Waals surface area contributed by atoms with Gasteiger partial charge in [0.15, 0.2) is 0 Å². The maximum atomic E-state index is 11.6. The number of alkyl carbamates (subject to hydrolysis) is 1. The largest absolute Gasteiger partial charge is 0.444 e. The van der Waals surface area contributed by atoms with Crippen molar-refractivity contribution in [2.45, 2.75) is 52.3 Å². The first kappa shape index (κ1) is 18.4. The van der Waals surface area contributed by atoms with Crippen molar-refractivity contribution < 1.29 is 14.5 Å². The third-order valence-corrected chi connectivity index (χ3v) is 3.68. The number of hydrogen-bond acceptors (Lipinski definition) is 6. The van der Waals surface area contributed by atoms with Crippen LogP contribution < -0.4 is 10.6 Å². The number of carbonyl (C=O) groups excluding carboxylic acids is 1. The Hall–Kier alpha value is -1.67. The minimum Gasteiger partial charge on any atom is -0.444 e. The summed E-state index contributed by atoms with van der Waals surface area (Å²) in [7, 11) is 0. The molecular formula is C14H23N3O4S. The van der Waals surface area contributed by atoms with Gasteiger partial charge in [0, 0.05) is 23.5 Å². The van der Waals surface area contributed by atoms with E-state index in [1.165, 1.54) is 17.4 Å².